The summed E-state index contributed by atoms with van der Waals surface area (Å²) >= 11 is 5.39. The Bertz CT molecular complexity index is 280. The number of nitrogen functional groups attached to an aromatic ring is 1. The fourth-order valence-electron chi connectivity index (χ4n) is 0.972. The van der Waals surface area contributed by atoms with Crippen molar-refractivity contribution in [1.82, 2.24) is 4.98 Å². The lowest BCUT2D eigenvalue weighted by Crippen LogP contribution is -2.20. The van der Waals surface area contributed by atoms with Crippen molar-refractivity contribution >= 4 is 17.4 Å². The van der Waals surface area contributed by atoms with Gasteiger partial charge in [0.2, 0.25) is 0 Å². The molecule has 6 heteroatoms. The van der Waals surface area contributed by atoms with Gasteiger partial charge >= 0.3 is 0 Å². The zero-order valence-corrected chi connectivity index (χ0v) is 8.15. The lowest BCUT2D eigenvalue weighted by atomic mass is 10.1. The summed E-state index contributed by atoms with van der Waals surface area (Å²) in [5, 5.41) is 18.8. The maximum atomic E-state index is 9.53. The molecular weight excluding hydrogens is 206 g/mol. The van der Waals surface area contributed by atoms with Gasteiger partial charge in [-0.3, -0.25) is 0 Å². The van der Waals surface area contributed by atoms with Crippen molar-refractivity contribution in [3.05, 3.63) is 23.9 Å². The average molecular weight is 218 g/mol. The molecular formula is C8H12ClN3O2. The molecule has 2 atom stereocenters. The van der Waals surface area contributed by atoms with E-state index in [-0.39, 0.29) is 5.88 Å². The third-order valence-electron chi connectivity index (χ3n) is 1.80. The summed E-state index contributed by atoms with van der Waals surface area (Å²) in [5.74, 6) is 5.57. The van der Waals surface area contributed by atoms with E-state index in [1.165, 1.54) is 6.20 Å². The SMILES string of the molecule is NNc1ccc(C(O)C(O)CCl)cn1. The Kier molecular flexibility index (Phi) is 4.09. The van der Waals surface area contributed by atoms with E-state index in [2.05, 4.69) is 10.4 Å². The monoisotopic (exact) mass is 217 g/mol. The molecule has 0 saturated carbocycles. The van der Waals surface area contributed by atoms with E-state index in [4.69, 9.17) is 17.4 Å². The first-order valence-electron chi connectivity index (χ1n) is 4.03. The summed E-state index contributed by atoms with van der Waals surface area (Å²) < 4.78 is 0. The van der Waals surface area contributed by atoms with Gasteiger partial charge in [0, 0.05) is 11.8 Å². The van der Waals surface area contributed by atoms with Crippen LogP contribution in [0, 0.1) is 0 Å². The van der Waals surface area contributed by atoms with E-state index >= 15 is 0 Å². The van der Waals surface area contributed by atoms with Crippen LogP contribution in [0.1, 0.15) is 11.7 Å². The molecule has 0 aliphatic heterocycles. The third-order valence-corrected chi connectivity index (χ3v) is 2.11. The molecule has 0 saturated heterocycles. The normalized spacial score (nSPS) is 14.9. The molecule has 0 aliphatic rings. The quantitative estimate of drug-likeness (QED) is 0.324. The van der Waals surface area contributed by atoms with Crippen LogP contribution in [0.4, 0.5) is 5.82 Å². The highest BCUT2D eigenvalue weighted by molar-refractivity contribution is 6.18. The van der Waals surface area contributed by atoms with Crippen molar-refractivity contribution in [2.45, 2.75) is 12.2 Å². The average Bonchev–Trinajstić information content (AvgIpc) is 2.27. The molecule has 0 aliphatic carbocycles. The van der Waals surface area contributed by atoms with Gasteiger partial charge in [0.15, 0.2) is 0 Å². The summed E-state index contributed by atoms with van der Waals surface area (Å²) in [5.41, 5.74) is 2.85. The number of aromatic nitrogens is 1. The largest absolute Gasteiger partial charge is 0.389 e. The standard InChI is InChI=1S/C8H12ClN3O2/c9-3-6(13)8(14)5-1-2-7(12-10)11-4-5/h1-2,4,6,8,13-14H,3,10H2,(H,11,12). The van der Waals surface area contributed by atoms with Gasteiger partial charge in [-0.05, 0) is 6.07 Å². The molecule has 1 aromatic heterocycles. The number of aliphatic hydroxyl groups is 2. The molecule has 0 fully saturated rings. The van der Waals surface area contributed by atoms with Gasteiger partial charge in [0.05, 0.1) is 12.0 Å². The Morgan fingerprint density at radius 1 is 1.50 bits per heavy atom. The van der Waals surface area contributed by atoms with Crippen molar-refractivity contribution < 1.29 is 10.2 Å². The highest BCUT2D eigenvalue weighted by Gasteiger charge is 2.17. The van der Waals surface area contributed by atoms with E-state index < -0.39 is 12.2 Å². The van der Waals surface area contributed by atoms with Gasteiger partial charge in [-0.2, -0.15) is 0 Å². The maximum Gasteiger partial charge on any atom is 0.139 e. The summed E-state index contributed by atoms with van der Waals surface area (Å²) in [4.78, 5) is 3.88. The predicted octanol–water partition coefficient (Wildman–Crippen LogP) is 0.000300. The first kappa shape index (κ1) is 11.2. The van der Waals surface area contributed by atoms with Crippen LogP contribution in [0.3, 0.4) is 0 Å². The number of nitrogens with one attached hydrogen (secondary N) is 1. The third kappa shape index (κ3) is 2.55. The van der Waals surface area contributed by atoms with E-state index in [9.17, 15) is 10.2 Å². The molecule has 0 bridgehead atoms. The van der Waals surface area contributed by atoms with Gasteiger partial charge < -0.3 is 15.6 Å². The summed E-state index contributed by atoms with van der Waals surface area (Å²) in [7, 11) is 0. The zero-order chi connectivity index (χ0) is 10.6. The van der Waals surface area contributed by atoms with Crippen LogP contribution >= 0.6 is 11.6 Å². The van der Waals surface area contributed by atoms with Gasteiger partial charge in [-0.1, -0.05) is 6.07 Å². The maximum absolute atomic E-state index is 9.53. The fraction of sp³-hybridized carbons (Fsp3) is 0.375. The minimum absolute atomic E-state index is 0.0297. The number of halogens is 1. The number of nitrogens with zero attached hydrogens (tertiary/aromatic N) is 1. The Labute approximate surface area is 86.5 Å². The van der Waals surface area contributed by atoms with Crippen molar-refractivity contribution in [2.24, 2.45) is 5.84 Å². The van der Waals surface area contributed by atoms with Crippen LogP contribution in [0.15, 0.2) is 18.3 Å². The second-order valence-electron chi connectivity index (χ2n) is 2.79. The van der Waals surface area contributed by atoms with E-state index in [1.807, 2.05) is 0 Å². The van der Waals surface area contributed by atoms with Crippen molar-refractivity contribution in [3.63, 3.8) is 0 Å². The van der Waals surface area contributed by atoms with Crippen LogP contribution < -0.4 is 11.3 Å². The minimum atomic E-state index is -1.02. The summed E-state index contributed by atoms with van der Waals surface area (Å²) in [6, 6.07) is 3.21. The first-order valence-corrected chi connectivity index (χ1v) is 4.57. The lowest BCUT2D eigenvalue weighted by molar-refractivity contribution is 0.0325. The number of pyridine rings is 1. The van der Waals surface area contributed by atoms with E-state index in [1.54, 1.807) is 12.1 Å². The van der Waals surface area contributed by atoms with E-state index in [0.29, 0.717) is 11.4 Å². The second kappa shape index (κ2) is 5.11. The van der Waals surface area contributed by atoms with Gasteiger partial charge in [-0.15, -0.1) is 11.6 Å². The Morgan fingerprint density at radius 3 is 2.64 bits per heavy atom. The van der Waals surface area contributed by atoms with Gasteiger partial charge in [0.1, 0.15) is 11.9 Å². The summed E-state index contributed by atoms with van der Waals surface area (Å²) in [6.07, 6.45) is -0.586. The van der Waals surface area contributed by atoms with Crippen molar-refractivity contribution in [1.29, 1.82) is 0 Å². The molecule has 1 aromatic rings. The molecule has 0 radical (unpaired) electrons. The van der Waals surface area contributed by atoms with Crippen molar-refractivity contribution in [3.8, 4) is 0 Å². The highest BCUT2D eigenvalue weighted by atomic mass is 35.5. The molecule has 2 unspecified atom stereocenters. The second-order valence-corrected chi connectivity index (χ2v) is 3.10. The number of nitrogens with two attached hydrogens (primary N) is 1. The fourth-order valence-corrected chi connectivity index (χ4v) is 1.14. The van der Waals surface area contributed by atoms with Crippen LogP contribution in [0.25, 0.3) is 0 Å². The Hall–Kier alpha value is -0.880. The van der Waals surface area contributed by atoms with Gasteiger partial charge in [0.25, 0.3) is 0 Å². The highest BCUT2D eigenvalue weighted by Crippen LogP contribution is 2.17. The molecule has 78 valence electrons. The van der Waals surface area contributed by atoms with Crippen LogP contribution in [0.5, 0.6) is 0 Å². The Balaban J connectivity index is 2.75. The smallest absolute Gasteiger partial charge is 0.139 e. The zero-order valence-electron chi connectivity index (χ0n) is 7.39. The molecule has 5 nitrogen and oxygen atoms in total. The number of aliphatic hydroxyl groups excluding tert-OH is 2. The topological polar surface area (TPSA) is 91.4 Å². The molecule has 0 spiro atoms. The van der Waals surface area contributed by atoms with Crippen LogP contribution in [-0.2, 0) is 0 Å². The summed E-state index contributed by atoms with van der Waals surface area (Å²) in [6.45, 7) is 0. The molecule has 0 amide bonds. The number of hydrogen-bond acceptors (Lipinski definition) is 5. The number of alkyl halides is 1. The number of rotatable bonds is 4. The Morgan fingerprint density at radius 2 is 2.21 bits per heavy atom. The molecule has 5 N–H and O–H groups in total. The van der Waals surface area contributed by atoms with Crippen molar-refractivity contribution in [2.75, 3.05) is 11.3 Å². The number of hydrogen-bond donors (Lipinski definition) is 4. The number of anilines is 1. The van der Waals surface area contributed by atoms with E-state index in [0.717, 1.165) is 0 Å². The lowest BCUT2D eigenvalue weighted by Gasteiger charge is -2.15. The molecule has 1 heterocycles. The number of hydrazine groups is 1. The molecule has 1 rings (SSSR count). The predicted molar refractivity (Wildman–Crippen MR) is 53.7 cm³/mol. The van der Waals surface area contributed by atoms with Crippen LogP contribution in [-0.4, -0.2) is 27.2 Å². The first-order chi connectivity index (χ1) is 6.69. The molecule has 14 heavy (non-hydrogen) atoms. The molecule has 0 aromatic carbocycles. The minimum Gasteiger partial charge on any atom is -0.389 e. The van der Waals surface area contributed by atoms with Gasteiger partial charge in [-0.25, -0.2) is 10.8 Å². The van der Waals surface area contributed by atoms with Crippen LogP contribution in [0.2, 0.25) is 0 Å².